The van der Waals surface area contributed by atoms with Gasteiger partial charge in [-0.15, -0.1) is 0 Å². The van der Waals surface area contributed by atoms with E-state index in [2.05, 4.69) is 15.3 Å². The molecule has 0 aliphatic carbocycles. The largest absolute Gasteiger partial charge is 0.378 e. The van der Waals surface area contributed by atoms with E-state index in [4.69, 9.17) is 4.74 Å². The fourth-order valence-corrected chi connectivity index (χ4v) is 2.29. The summed E-state index contributed by atoms with van der Waals surface area (Å²) >= 11 is 0. The lowest BCUT2D eigenvalue weighted by molar-refractivity contribution is -0.383. The van der Waals surface area contributed by atoms with Crippen molar-refractivity contribution in [1.82, 2.24) is 9.97 Å². The van der Waals surface area contributed by atoms with Gasteiger partial charge in [0, 0.05) is 18.8 Å². The lowest BCUT2D eigenvalue weighted by Gasteiger charge is -2.27. The third-order valence-electron chi connectivity index (χ3n) is 3.33. The Morgan fingerprint density at radius 3 is 2.59 bits per heavy atom. The zero-order chi connectivity index (χ0) is 15.4. The Bertz CT molecular complexity index is 659. The summed E-state index contributed by atoms with van der Waals surface area (Å²) in [7, 11) is 0. The van der Waals surface area contributed by atoms with Gasteiger partial charge >= 0.3 is 5.69 Å². The summed E-state index contributed by atoms with van der Waals surface area (Å²) in [6.45, 7) is 2.20. The van der Waals surface area contributed by atoms with Crippen LogP contribution < -0.4 is 10.2 Å². The van der Waals surface area contributed by atoms with Crippen LogP contribution in [0.1, 0.15) is 0 Å². The number of benzene rings is 1. The summed E-state index contributed by atoms with van der Waals surface area (Å²) in [5.41, 5.74) is 0.616. The molecule has 2 heterocycles. The monoisotopic (exact) mass is 301 g/mol. The average molecular weight is 301 g/mol. The van der Waals surface area contributed by atoms with Crippen LogP contribution >= 0.6 is 0 Å². The van der Waals surface area contributed by atoms with Crippen molar-refractivity contribution in [3.63, 3.8) is 0 Å². The zero-order valence-electron chi connectivity index (χ0n) is 11.8. The number of nitro groups is 1. The van der Waals surface area contributed by atoms with Gasteiger partial charge < -0.3 is 15.0 Å². The van der Waals surface area contributed by atoms with Crippen LogP contribution in [0.5, 0.6) is 0 Å². The lowest BCUT2D eigenvalue weighted by atomic mass is 10.3. The first-order valence-electron chi connectivity index (χ1n) is 6.90. The first-order chi connectivity index (χ1) is 10.8. The van der Waals surface area contributed by atoms with Gasteiger partial charge in [-0.3, -0.25) is 10.1 Å². The second-order valence-corrected chi connectivity index (χ2v) is 4.74. The van der Waals surface area contributed by atoms with E-state index in [1.165, 1.54) is 6.33 Å². The van der Waals surface area contributed by atoms with Gasteiger partial charge in [0.05, 0.1) is 18.1 Å². The predicted molar refractivity (Wildman–Crippen MR) is 81.4 cm³/mol. The lowest BCUT2D eigenvalue weighted by Crippen LogP contribution is -2.37. The highest BCUT2D eigenvalue weighted by Gasteiger charge is 2.28. The van der Waals surface area contributed by atoms with Gasteiger partial charge in [0.2, 0.25) is 11.6 Å². The summed E-state index contributed by atoms with van der Waals surface area (Å²) in [5, 5.41) is 14.5. The summed E-state index contributed by atoms with van der Waals surface area (Å²) in [4.78, 5) is 21.0. The molecule has 0 saturated carbocycles. The van der Waals surface area contributed by atoms with E-state index in [1.54, 1.807) is 0 Å². The smallest absolute Gasteiger partial charge is 0.353 e. The standard InChI is InChI=1S/C14H15N5O3/c20-19(21)12-13(17-11-4-2-1-3-5-11)15-10-16-14(12)18-6-8-22-9-7-18/h1-5,10H,6-9H2,(H,15,16,17). The number of para-hydroxylation sites is 1. The molecule has 1 aliphatic rings. The fraction of sp³-hybridized carbons (Fsp3) is 0.286. The molecule has 1 aromatic heterocycles. The summed E-state index contributed by atoms with van der Waals surface area (Å²) in [5.74, 6) is 0.509. The average Bonchev–Trinajstić information content (AvgIpc) is 2.56. The summed E-state index contributed by atoms with van der Waals surface area (Å²) in [6, 6.07) is 9.20. The SMILES string of the molecule is O=[N+]([O-])c1c(Nc2ccccc2)ncnc1N1CCOCC1. The molecule has 8 nitrogen and oxygen atoms in total. The molecule has 0 amide bonds. The van der Waals surface area contributed by atoms with Crippen molar-refractivity contribution in [3.8, 4) is 0 Å². The molecular weight excluding hydrogens is 286 g/mol. The topological polar surface area (TPSA) is 93.4 Å². The third-order valence-corrected chi connectivity index (χ3v) is 3.33. The fourth-order valence-electron chi connectivity index (χ4n) is 2.29. The van der Waals surface area contributed by atoms with E-state index >= 15 is 0 Å². The zero-order valence-corrected chi connectivity index (χ0v) is 11.8. The van der Waals surface area contributed by atoms with Crippen LogP contribution in [0, 0.1) is 10.1 Å². The Morgan fingerprint density at radius 2 is 1.91 bits per heavy atom. The summed E-state index contributed by atoms with van der Waals surface area (Å²) in [6.07, 6.45) is 1.34. The van der Waals surface area contributed by atoms with Crippen molar-refractivity contribution in [2.75, 3.05) is 36.5 Å². The highest BCUT2D eigenvalue weighted by Crippen LogP contribution is 2.33. The van der Waals surface area contributed by atoms with Crippen LogP contribution in [0.4, 0.5) is 23.0 Å². The molecule has 1 fully saturated rings. The number of ether oxygens (including phenoxy) is 1. The number of nitrogens with one attached hydrogen (secondary N) is 1. The maximum absolute atomic E-state index is 11.5. The Hall–Kier alpha value is -2.74. The van der Waals surface area contributed by atoms with E-state index in [0.29, 0.717) is 32.1 Å². The molecule has 22 heavy (non-hydrogen) atoms. The highest BCUT2D eigenvalue weighted by atomic mass is 16.6. The van der Waals surface area contributed by atoms with Gasteiger partial charge in [0.1, 0.15) is 6.33 Å². The van der Waals surface area contributed by atoms with Gasteiger partial charge in [-0.05, 0) is 12.1 Å². The first-order valence-corrected chi connectivity index (χ1v) is 6.90. The molecule has 0 unspecified atom stereocenters. The minimum atomic E-state index is -0.448. The molecule has 1 aromatic carbocycles. The van der Waals surface area contributed by atoms with Crippen LogP contribution in [0.2, 0.25) is 0 Å². The molecule has 1 aliphatic heterocycles. The van der Waals surface area contributed by atoms with E-state index in [1.807, 2.05) is 35.2 Å². The molecule has 114 valence electrons. The van der Waals surface area contributed by atoms with Crippen LogP contribution in [0.15, 0.2) is 36.7 Å². The Balaban J connectivity index is 1.97. The first kappa shape index (κ1) is 14.2. The van der Waals surface area contributed by atoms with Crippen molar-refractivity contribution in [2.24, 2.45) is 0 Å². The highest BCUT2D eigenvalue weighted by molar-refractivity contribution is 5.74. The normalized spacial score (nSPS) is 14.6. The molecule has 1 saturated heterocycles. The van der Waals surface area contributed by atoms with Crippen LogP contribution in [-0.2, 0) is 4.74 Å². The van der Waals surface area contributed by atoms with E-state index in [-0.39, 0.29) is 11.5 Å². The van der Waals surface area contributed by atoms with Gasteiger partial charge in [-0.2, -0.15) is 0 Å². The molecule has 8 heteroatoms. The number of nitrogens with zero attached hydrogens (tertiary/aromatic N) is 4. The molecule has 2 aromatic rings. The number of hydrogen-bond acceptors (Lipinski definition) is 7. The predicted octanol–water partition coefficient (Wildman–Crippen LogP) is 1.96. The van der Waals surface area contributed by atoms with Crippen LogP contribution in [-0.4, -0.2) is 41.2 Å². The molecule has 0 radical (unpaired) electrons. The number of hydrogen-bond donors (Lipinski definition) is 1. The number of anilines is 3. The minimum absolute atomic E-state index is 0.117. The molecule has 1 N–H and O–H groups in total. The third kappa shape index (κ3) is 2.96. The number of aromatic nitrogens is 2. The van der Waals surface area contributed by atoms with Crippen molar-refractivity contribution in [2.45, 2.75) is 0 Å². The van der Waals surface area contributed by atoms with E-state index < -0.39 is 4.92 Å². The van der Waals surface area contributed by atoms with Crippen molar-refractivity contribution in [3.05, 3.63) is 46.8 Å². The maximum Gasteiger partial charge on any atom is 0.353 e. The molecule has 0 spiro atoms. The summed E-state index contributed by atoms with van der Waals surface area (Å²) < 4.78 is 5.28. The van der Waals surface area contributed by atoms with Gasteiger partial charge in [0.25, 0.3) is 0 Å². The molecular formula is C14H15N5O3. The van der Waals surface area contributed by atoms with Gasteiger partial charge in [-0.1, -0.05) is 18.2 Å². The van der Waals surface area contributed by atoms with Crippen LogP contribution in [0.3, 0.4) is 0 Å². The second-order valence-electron chi connectivity index (χ2n) is 4.74. The van der Waals surface area contributed by atoms with E-state index in [9.17, 15) is 10.1 Å². The van der Waals surface area contributed by atoms with Gasteiger partial charge in [-0.25, -0.2) is 9.97 Å². The number of morpholine rings is 1. The Kier molecular flexibility index (Phi) is 4.10. The van der Waals surface area contributed by atoms with Crippen molar-refractivity contribution < 1.29 is 9.66 Å². The van der Waals surface area contributed by atoms with Crippen molar-refractivity contribution in [1.29, 1.82) is 0 Å². The Labute approximate surface area is 126 Å². The second kappa shape index (κ2) is 6.35. The maximum atomic E-state index is 11.5. The number of rotatable bonds is 4. The Morgan fingerprint density at radius 1 is 1.18 bits per heavy atom. The van der Waals surface area contributed by atoms with Gasteiger partial charge in [0.15, 0.2) is 0 Å². The van der Waals surface area contributed by atoms with Crippen LogP contribution in [0.25, 0.3) is 0 Å². The molecule has 0 bridgehead atoms. The molecule has 0 atom stereocenters. The molecule has 3 rings (SSSR count). The van der Waals surface area contributed by atoms with Crippen molar-refractivity contribution >= 4 is 23.0 Å². The quantitative estimate of drug-likeness (QED) is 0.681. The minimum Gasteiger partial charge on any atom is -0.378 e. The van der Waals surface area contributed by atoms with E-state index in [0.717, 1.165) is 5.69 Å².